The summed E-state index contributed by atoms with van der Waals surface area (Å²) < 4.78 is 0. The van der Waals surface area contributed by atoms with Crippen molar-refractivity contribution < 1.29 is 4.79 Å². The lowest BCUT2D eigenvalue weighted by Gasteiger charge is -2.50. The van der Waals surface area contributed by atoms with E-state index in [1.54, 1.807) is 11.8 Å². The molecule has 4 heteroatoms. The fourth-order valence-corrected chi connectivity index (χ4v) is 6.12. The van der Waals surface area contributed by atoms with Crippen LogP contribution in [0.1, 0.15) is 37.3 Å². The number of carbonyl (C=O) groups excluding carboxylic acids is 1. The highest BCUT2D eigenvalue weighted by Gasteiger charge is 2.46. The molecule has 1 saturated heterocycles. The number of hydrogen-bond acceptors (Lipinski definition) is 3. The molecule has 0 saturated carbocycles. The van der Waals surface area contributed by atoms with E-state index in [0.29, 0.717) is 18.4 Å². The quantitative estimate of drug-likeness (QED) is 0.604. The second-order valence-corrected chi connectivity index (χ2v) is 9.37. The lowest BCUT2D eigenvalue weighted by atomic mass is 9.63. The highest BCUT2D eigenvalue weighted by atomic mass is 32.2. The van der Waals surface area contributed by atoms with Crippen LogP contribution in [0.2, 0.25) is 0 Å². The van der Waals surface area contributed by atoms with Gasteiger partial charge in [0, 0.05) is 52.5 Å². The van der Waals surface area contributed by atoms with Crippen LogP contribution in [0.15, 0.2) is 64.6 Å². The van der Waals surface area contributed by atoms with Crippen molar-refractivity contribution in [3.8, 4) is 0 Å². The van der Waals surface area contributed by atoms with Crippen LogP contribution in [0.3, 0.4) is 0 Å². The predicted octanol–water partition coefficient (Wildman–Crippen LogP) is 5.21. The van der Waals surface area contributed by atoms with Crippen molar-refractivity contribution >= 4 is 28.4 Å². The van der Waals surface area contributed by atoms with E-state index in [4.69, 9.17) is 0 Å². The van der Waals surface area contributed by atoms with Gasteiger partial charge >= 0.3 is 0 Å². The Morgan fingerprint density at radius 3 is 2.89 bits per heavy atom. The third-order valence-corrected chi connectivity index (χ3v) is 7.73. The van der Waals surface area contributed by atoms with Gasteiger partial charge in [0.15, 0.2) is 0 Å². The second kappa shape index (κ2) is 6.63. The minimum absolute atomic E-state index is 0.0699. The third kappa shape index (κ3) is 2.74. The Kier molecular flexibility index (Phi) is 4.20. The largest absolute Gasteiger partial charge is 0.342 e. The van der Waals surface area contributed by atoms with Gasteiger partial charge in [-0.2, -0.15) is 0 Å². The monoisotopic (exact) mass is 388 g/mol. The molecule has 2 atom stereocenters. The minimum atomic E-state index is 0.0699. The first-order chi connectivity index (χ1) is 13.6. The van der Waals surface area contributed by atoms with Crippen LogP contribution in [0, 0.1) is 0 Å². The molecule has 0 bridgehead atoms. The van der Waals surface area contributed by atoms with Crippen molar-refractivity contribution in [1.29, 1.82) is 0 Å². The van der Waals surface area contributed by atoms with Crippen molar-refractivity contribution in [1.82, 2.24) is 9.88 Å². The third-order valence-electron chi connectivity index (χ3n) is 6.69. The molecule has 1 amide bonds. The number of fused-ring (bicyclic) bond motifs is 4. The normalized spacial score (nSPS) is 24.1. The van der Waals surface area contributed by atoms with Crippen LogP contribution in [0.4, 0.5) is 0 Å². The molecular weight excluding hydrogens is 364 g/mol. The number of likely N-dealkylation sites (tertiary alicyclic amines) is 1. The summed E-state index contributed by atoms with van der Waals surface area (Å²) in [5.74, 6) is 0.293. The summed E-state index contributed by atoms with van der Waals surface area (Å²) in [6.07, 6.45) is 7.58. The number of nitrogens with zero attached hydrogens (tertiary/aromatic N) is 2. The smallest absolute Gasteiger partial charge is 0.222 e. The molecular formula is C24H24N2OS. The Hall–Kier alpha value is -2.33. The number of carbonyl (C=O) groups is 1. The summed E-state index contributed by atoms with van der Waals surface area (Å²) in [6.45, 7) is 2.35. The standard InChI is InChI=1S/C24H24N2OS/c1-24-12-11-23(27)26(2)22(24)10-7-16-13-18(8-9-20(16)24)28-21-15-25-14-17-5-3-4-6-19(17)21/h3-6,8-9,13-15,22H,7,10-12H2,1-2H3/t22-,24-/m1/s1. The van der Waals surface area contributed by atoms with Gasteiger partial charge < -0.3 is 4.90 Å². The maximum absolute atomic E-state index is 12.2. The molecule has 1 aliphatic carbocycles. The van der Waals surface area contributed by atoms with Gasteiger partial charge in [-0.3, -0.25) is 9.78 Å². The average molecular weight is 389 g/mol. The van der Waals surface area contributed by atoms with Crippen molar-refractivity contribution in [2.45, 2.75) is 53.9 Å². The first-order valence-corrected chi connectivity index (χ1v) is 10.8. The topological polar surface area (TPSA) is 33.2 Å². The second-order valence-electron chi connectivity index (χ2n) is 8.26. The summed E-state index contributed by atoms with van der Waals surface area (Å²) in [7, 11) is 1.98. The van der Waals surface area contributed by atoms with Crippen LogP contribution in [-0.2, 0) is 16.6 Å². The molecule has 142 valence electrons. The fourth-order valence-electron chi connectivity index (χ4n) is 5.12. The van der Waals surface area contributed by atoms with Crippen molar-refractivity contribution in [3.63, 3.8) is 0 Å². The molecule has 0 unspecified atom stereocenters. The van der Waals surface area contributed by atoms with Crippen LogP contribution < -0.4 is 0 Å². The van der Waals surface area contributed by atoms with Crippen LogP contribution in [-0.4, -0.2) is 28.9 Å². The molecule has 1 aliphatic heterocycles. The van der Waals surface area contributed by atoms with Gasteiger partial charge in [0.2, 0.25) is 5.91 Å². The minimum Gasteiger partial charge on any atom is -0.342 e. The molecule has 28 heavy (non-hydrogen) atoms. The van der Waals surface area contributed by atoms with Gasteiger partial charge in [0.25, 0.3) is 0 Å². The van der Waals surface area contributed by atoms with E-state index in [2.05, 4.69) is 54.4 Å². The van der Waals surface area contributed by atoms with Crippen LogP contribution in [0.5, 0.6) is 0 Å². The lowest BCUT2D eigenvalue weighted by molar-refractivity contribution is -0.138. The maximum atomic E-state index is 12.2. The Morgan fingerprint density at radius 2 is 2.00 bits per heavy atom. The fraction of sp³-hybridized carbons (Fsp3) is 0.333. The van der Waals surface area contributed by atoms with Gasteiger partial charge in [0.05, 0.1) is 0 Å². The maximum Gasteiger partial charge on any atom is 0.222 e. The Bertz CT molecular complexity index is 1070. The summed E-state index contributed by atoms with van der Waals surface area (Å²) >= 11 is 1.79. The predicted molar refractivity (Wildman–Crippen MR) is 114 cm³/mol. The zero-order chi connectivity index (χ0) is 19.3. The molecule has 1 aromatic heterocycles. The molecule has 5 rings (SSSR count). The van der Waals surface area contributed by atoms with E-state index in [-0.39, 0.29) is 5.41 Å². The number of likely N-dealkylation sites (N-methyl/N-ethyl adjacent to an activating group) is 1. The summed E-state index contributed by atoms with van der Waals surface area (Å²) in [4.78, 5) is 21.1. The average Bonchev–Trinajstić information content (AvgIpc) is 2.71. The molecule has 2 aliphatic rings. The van der Waals surface area contributed by atoms with Gasteiger partial charge in [-0.15, -0.1) is 0 Å². The first kappa shape index (κ1) is 17.7. The Morgan fingerprint density at radius 1 is 1.14 bits per heavy atom. The van der Waals surface area contributed by atoms with E-state index in [1.165, 1.54) is 31.7 Å². The number of aryl methyl sites for hydroxylation is 1. The molecule has 2 heterocycles. The van der Waals surface area contributed by atoms with E-state index in [0.717, 1.165) is 19.3 Å². The summed E-state index contributed by atoms with van der Waals surface area (Å²) in [6, 6.07) is 15.7. The Labute approximate surface area is 170 Å². The van der Waals surface area contributed by atoms with Crippen LogP contribution >= 0.6 is 11.8 Å². The van der Waals surface area contributed by atoms with Crippen molar-refractivity contribution in [3.05, 3.63) is 66.0 Å². The van der Waals surface area contributed by atoms with Gasteiger partial charge in [-0.05, 0) is 47.9 Å². The number of amides is 1. The highest BCUT2D eigenvalue weighted by molar-refractivity contribution is 7.99. The molecule has 0 radical (unpaired) electrons. The van der Waals surface area contributed by atoms with Crippen molar-refractivity contribution in [2.75, 3.05) is 7.05 Å². The first-order valence-electron chi connectivity index (χ1n) is 9.96. The van der Waals surface area contributed by atoms with E-state index < -0.39 is 0 Å². The molecule has 3 aromatic rings. The van der Waals surface area contributed by atoms with Gasteiger partial charge in [-0.1, -0.05) is 49.0 Å². The number of benzene rings is 2. The summed E-state index contributed by atoms with van der Waals surface area (Å²) in [5, 5.41) is 2.43. The zero-order valence-electron chi connectivity index (χ0n) is 16.3. The van der Waals surface area contributed by atoms with Crippen LogP contribution in [0.25, 0.3) is 10.8 Å². The lowest BCUT2D eigenvalue weighted by Crippen LogP contribution is -2.56. The number of pyridine rings is 1. The van der Waals surface area contributed by atoms with Crippen molar-refractivity contribution in [2.24, 2.45) is 0 Å². The summed E-state index contributed by atoms with van der Waals surface area (Å²) in [5.41, 5.74) is 2.95. The number of rotatable bonds is 2. The van der Waals surface area contributed by atoms with E-state index >= 15 is 0 Å². The molecule has 3 nitrogen and oxygen atoms in total. The SMILES string of the molecule is CN1C(=O)CC[C@]2(C)c3ccc(Sc4cncc5ccccc45)cc3CC[C@@H]12. The van der Waals surface area contributed by atoms with E-state index in [1.807, 2.05) is 24.3 Å². The zero-order valence-corrected chi connectivity index (χ0v) is 17.1. The number of piperidine rings is 1. The molecule has 1 fully saturated rings. The Balaban J connectivity index is 1.50. The molecule has 2 aromatic carbocycles. The number of hydrogen-bond donors (Lipinski definition) is 0. The molecule has 0 N–H and O–H groups in total. The van der Waals surface area contributed by atoms with Gasteiger partial charge in [-0.25, -0.2) is 0 Å². The number of aromatic nitrogens is 1. The molecule has 0 spiro atoms. The highest BCUT2D eigenvalue weighted by Crippen LogP contribution is 2.46. The van der Waals surface area contributed by atoms with Gasteiger partial charge in [0.1, 0.15) is 0 Å². The van der Waals surface area contributed by atoms with E-state index in [9.17, 15) is 4.79 Å².